The summed E-state index contributed by atoms with van der Waals surface area (Å²) in [6, 6.07) is 0. The summed E-state index contributed by atoms with van der Waals surface area (Å²) in [7, 11) is 0. The van der Waals surface area contributed by atoms with Crippen LogP contribution in [0.1, 0.15) is 103 Å². The van der Waals surface area contributed by atoms with E-state index < -0.39 is 5.97 Å². The lowest BCUT2D eigenvalue weighted by Gasteiger charge is -2.00. The highest BCUT2D eigenvalue weighted by Gasteiger charge is 2.02. The minimum absolute atomic E-state index is 0.183. The number of nitrogens with one attached hydrogen (secondary N) is 1. The summed E-state index contributed by atoms with van der Waals surface area (Å²) in [6.07, 6.45) is 26.6. The van der Waals surface area contributed by atoms with Crippen molar-refractivity contribution in [2.45, 2.75) is 103 Å². The number of allylic oxidation sites excluding steroid dienone is 4. The van der Waals surface area contributed by atoms with E-state index in [1.165, 1.54) is 70.6 Å². The maximum Gasteiger partial charge on any atom is 0.322 e. The van der Waals surface area contributed by atoms with Crippen molar-refractivity contribution in [1.29, 1.82) is 0 Å². The van der Waals surface area contributed by atoms with Crippen molar-refractivity contribution in [1.82, 2.24) is 5.32 Å². The number of carboxylic acids is 1. The van der Waals surface area contributed by atoms with Crippen molar-refractivity contribution in [3.8, 4) is 0 Å². The van der Waals surface area contributed by atoms with Gasteiger partial charge < -0.3 is 10.4 Å². The first kappa shape index (κ1) is 25.4. The van der Waals surface area contributed by atoms with Crippen LogP contribution >= 0.6 is 0 Å². The summed E-state index contributed by atoms with van der Waals surface area (Å²) in [6.45, 7) is 1.97. The van der Waals surface area contributed by atoms with Gasteiger partial charge in [-0.25, -0.2) is 0 Å². The number of carbonyl (C=O) groups is 2. The number of amides is 1. The highest BCUT2D eigenvalue weighted by atomic mass is 16.4. The van der Waals surface area contributed by atoms with Crippen molar-refractivity contribution in [2.75, 3.05) is 6.54 Å². The molecule has 0 fully saturated rings. The number of rotatable bonds is 19. The predicted octanol–water partition coefficient (Wildman–Crippen LogP) is 6.17. The Kier molecular flexibility index (Phi) is 19.5. The molecule has 0 radical (unpaired) electrons. The van der Waals surface area contributed by atoms with Crippen molar-refractivity contribution >= 4 is 11.9 Å². The van der Waals surface area contributed by atoms with Crippen LogP contribution in [0.15, 0.2) is 24.3 Å². The van der Waals surface area contributed by atoms with Gasteiger partial charge in [-0.2, -0.15) is 0 Å². The Balaban J connectivity index is 3.25. The van der Waals surface area contributed by atoms with Crippen LogP contribution in [0.2, 0.25) is 0 Å². The summed E-state index contributed by atoms with van der Waals surface area (Å²) in [4.78, 5) is 21.6. The summed E-state index contributed by atoms with van der Waals surface area (Å²) in [5, 5.41) is 10.8. The number of hydrogen-bond acceptors (Lipinski definition) is 2. The van der Waals surface area contributed by atoms with E-state index in [1.54, 1.807) is 0 Å². The largest absolute Gasteiger partial charge is 0.480 e. The molecule has 0 atom stereocenters. The van der Waals surface area contributed by atoms with E-state index >= 15 is 0 Å². The lowest BCUT2D eigenvalue weighted by molar-refractivity contribution is -0.137. The molecule has 0 bridgehead atoms. The molecule has 0 saturated carbocycles. The monoisotopic (exact) mass is 379 g/mol. The number of aliphatic carboxylic acids is 1. The van der Waals surface area contributed by atoms with Crippen LogP contribution in [0.4, 0.5) is 0 Å². The zero-order valence-corrected chi connectivity index (χ0v) is 17.4. The zero-order chi connectivity index (χ0) is 20.0. The molecule has 0 aliphatic heterocycles. The van der Waals surface area contributed by atoms with E-state index in [1.807, 2.05) is 0 Å². The predicted molar refractivity (Wildman–Crippen MR) is 114 cm³/mol. The summed E-state index contributed by atoms with van der Waals surface area (Å²) >= 11 is 0. The van der Waals surface area contributed by atoms with Gasteiger partial charge in [-0.3, -0.25) is 9.59 Å². The van der Waals surface area contributed by atoms with Crippen LogP contribution < -0.4 is 5.32 Å². The standard InChI is InChI=1S/C23H41NO3/c1-2-3-4-5-6-7-8-9-10-11-12-13-14-15-16-17-18-19-20-22(25)24-21-23(26)27/h7-8,16-17H,2-6,9-15,18-21H2,1H3,(H,24,25)(H,26,27)/b8-7-,17-16-. The molecule has 27 heavy (non-hydrogen) atoms. The molecule has 0 unspecified atom stereocenters. The fourth-order valence-corrected chi connectivity index (χ4v) is 2.86. The Morgan fingerprint density at radius 3 is 1.63 bits per heavy atom. The summed E-state index contributed by atoms with van der Waals surface area (Å²) < 4.78 is 0. The van der Waals surface area contributed by atoms with Crippen LogP contribution in [-0.2, 0) is 9.59 Å². The topological polar surface area (TPSA) is 66.4 Å². The highest BCUT2D eigenvalue weighted by molar-refractivity contribution is 5.80. The molecule has 0 aliphatic rings. The van der Waals surface area contributed by atoms with Gasteiger partial charge in [0.25, 0.3) is 0 Å². The van der Waals surface area contributed by atoms with E-state index in [-0.39, 0.29) is 12.5 Å². The average Bonchev–Trinajstić information content (AvgIpc) is 2.65. The Hall–Kier alpha value is -1.58. The molecular weight excluding hydrogens is 338 g/mol. The zero-order valence-electron chi connectivity index (χ0n) is 17.4. The Labute approximate surface area is 166 Å². The smallest absolute Gasteiger partial charge is 0.322 e. The Morgan fingerprint density at radius 1 is 0.704 bits per heavy atom. The maximum absolute atomic E-state index is 11.3. The molecule has 4 nitrogen and oxygen atoms in total. The van der Waals surface area contributed by atoms with Crippen LogP contribution in [0.25, 0.3) is 0 Å². The van der Waals surface area contributed by atoms with Crippen LogP contribution in [0.3, 0.4) is 0 Å². The molecule has 1 amide bonds. The van der Waals surface area contributed by atoms with Gasteiger partial charge in [0.2, 0.25) is 5.91 Å². The fourth-order valence-electron chi connectivity index (χ4n) is 2.86. The minimum Gasteiger partial charge on any atom is -0.480 e. The molecule has 4 heteroatoms. The van der Waals surface area contributed by atoms with E-state index in [9.17, 15) is 9.59 Å². The Morgan fingerprint density at radius 2 is 1.15 bits per heavy atom. The molecule has 0 rings (SSSR count). The van der Waals surface area contributed by atoms with E-state index in [4.69, 9.17) is 5.11 Å². The van der Waals surface area contributed by atoms with Gasteiger partial charge in [-0.05, 0) is 51.4 Å². The third-order valence-corrected chi connectivity index (χ3v) is 4.51. The molecule has 0 aliphatic carbocycles. The second-order valence-electron chi connectivity index (χ2n) is 7.20. The molecule has 0 aromatic rings. The second-order valence-corrected chi connectivity index (χ2v) is 7.20. The molecule has 0 aromatic carbocycles. The lowest BCUT2D eigenvalue weighted by atomic mass is 10.1. The third-order valence-electron chi connectivity index (χ3n) is 4.51. The van der Waals surface area contributed by atoms with E-state index in [2.05, 4.69) is 36.5 Å². The number of carbonyl (C=O) groups excluding carboxylic acids is 1. The van der Waals surface area contributed by atoms with Crippen LogP contribution in [0, 0.1) is 0 Å². The normalized spacial score (nSPS) is 11.4. The van der Waals surface area contributed by atoms with Crippen molar-refractivity contribution in [3.63, 3.8) is 0 Å². The number of carboxylic acid groups (broad SMARTS) is 1. The van der Waals surface area contributed by atoms with Gasteiger partial charge in [0.05, 0.1) is 0 Å². The van der Waals surface area contributed by atoms with E-state index in [0.29, 0.717) is 6.42 Å². The summed E-state index contributed by atoms with van der Waals surface area (Å²) in [5.74, 6) is -1.19. The van der Waals surface area contributed by atoms with Gasteiger partial charge in [0, 0.05) is 6.42 Å². The van der Waals surface area contributed by atoms with Crippen molar-refractivity contribution in [3.05, 3.63) is 24.3 Å². The maximum atomic E-state index is 11.3. The molecule has 0 heterocycles. The molecule has 156 valence electrons. The van der Waals surface area contributed by atoms with Gasteiger partial charge in [0.15, 0.2) is 0 Å². The van der Waals surface area contributed by atoms with Gasteiger partial charge >= 0.3 is 5.97 Å². The van der Waals surface area contributed by atoms with Crippen molar-refractivity contribution in [2.24, 2.45) is 0 Å². The fraction of sp³-hybridized carbons (Fsp3) is 0.739. The summed E-state index contributed by atoms with van der Waals surface area (Å²) in [5.41, 5.74) is 0. The first-order valence-electron chi connectivity index (χ1n) is 10.9. The quantitative estimate of drug-likeness (QED) is 0.208. The van der Waals surface area contributed by atoms with Gasteiger partial charge in [-0.1, -0.05) is 69.8 Å². The van der Waals surface area contributed by atoms with Crippen molar-refractivity contribution < 1.29 is 14.7 Å². The lowest BCUT2D eigenvalue weighted by Crippen LogP contribution is -2.28. The first-order valence-corrected chi connectivity index (χ1v) is 10.9. The minimum atomic E-state index is -1.00. The number of unbranched alkanes of at least 4 members (excludes halogenated alkanes) is 11. The third kappa shape index (κ3) is 22.4. The average molecular weight is 380 g/mol. The molecule has 0 aromatic heterocycles. The molecule has 0 spiro atoms. The first-order chi connectivity index (χ1) is 13.2. The van der Waals surface area contributed by atoms with Crippen LogP contribution in [0.5, 0.6) is 0 Å². The molecular formula is C23H41NO3. The number of hydrogen-bond donors (Lipinski definition) is 2. The van der Waals surface area contributed by atoms with Crippen LogP contribution in [-0.4, -0.2) is 23.5 Å². The highest BCUT2D eigenvalue weighted by Crippen LogP contribution is 2.09. The molecule has 2 N–H and O–H groups in total. The van der Waals surface area contributed by atoms with E-state index in [0.717, 1.165) is 19.3 Å². The van der Waals surface area contributed by atoms with Gasteiger partial charge in [-0.15, -0.1) is 0 Å². The Bertz CT molecular complexity index is 416. The second kappa shape index (κ2) is 20.7. The SMILES string of the molecule is CCCCCC/C=C\CCCCCCC/C=C\CCCC(=O)NCC(=O)O. The van der Waals surface area contributed by atoms with Gasteiger partial charge in [0.1, 0.15) is 6.54 Å². The molecule has 0 saturated heterocycles.